The molecule has 3 rings (SSSR count). The second-order valence-corrected chi connectivity index (χ2v) is 6.72. The van der Waals surface area contributed by atoms with Crippen LogP contribution in [0, 0.1) is 0 Å². The summed E-state index contributed by atoms with van der Waals surface area (Å²) in [5.41, 5.74) is 0.340. The number of methoxy groups -OCH3 is 1. The van der Waals surface area contributed by atoms with Gasteiger partial charge in [0.1, 0.15) is 10.6 Å². The Labute approximate surface area is 162 Å². The smallest absolute Gasteiger partial charge is 0.350 e. The fourth-order valence-electron chi connectivity index (χ4n) is 2.04. The molecule has 0 saturated carbocycles. The minimum absolute atomic E-state index is 0.00939. The van der Waals surface area contributed by atoms with Crippen LogP contribution in [0.3, 0.4) is 0 Å². The monoisotopic (exact) mass is 411 g/mol. The zero-order chi connectivity index (χ0) is 18.7. The lowest BCUT2D eigenvalue weighted by Gasteiger charge is -2.04. The number of carbonyl (C=O) groups excluding carboxylic acids is 2. The molecule has 1 N–H and O–H groups in total. The summed E-state index contributed by atoms with van der Waals surface area (Å²) in [5, 5.41) is 5.08. The number of hydrogen-bond acceptors (Lipinski definition) is 6. The molecule has 3 aromatic rings. The van der Waals surface area contributed by atoms with Crippen molar-refractivity contribution >= 4 is 52.1 Å². The Bertz CT molecular complexity index is 945. The maximum Gasteiger partial charge on any atom is 0.350 e. The first-order valence-corrected chi connectivity index (χ1v) is 8.81. The topological polar surface area (TPSA) is 77.8 Å². The summed E-state index contributed by atoms with van der Waals surface area (Å²) in [6.07, 6.45) is 0. The van der Waals surface area contributed by atoms with Gasteiger partial charge in [-0.05, 0) is 35.7 Å². The molecular formula is C17H11Cl2NO5S. The van der Waals surface area contributed by atoms with Gasteiger partial charge in [0.25, 0.3) is 11.9 Å². The number of thiophene rings is 1. The number of ether oxygens (including phenoxy) is 2. The fraction of sp³-hybridized carbons (Fsp3) is 0.0588. The lowest BCUT2D eigenvalue weighted by Crippen LogP contribution is -2.13. The molecule has 6 nitrogen and oxygen atoms in total. The molecule has 0 atom stereocenters. The Kier molecular flexibility index (Phi) is 5.51. The maximum atomic E-state index is 12.3. The van der Waals surface area contributed by atoms with Crippen molar-refractivity contribution in [2.45, 2.75) is 0 Å². The molecule has 2 aromatic heterocycles. The molecule has 0 bridgehead atoms. The van der Waals surface area contributed by atoms with Crippen LogP contribution in [-0.2, 0) is 4.74 Å². The number of esters is 1. The normalized spacial score (nSPS) is 10.4. The molecule has 134 valence electrons. The van der Waals surface area contributed by atoms with Gasteiger partial charge in [0.15, 0.2) is 5.76 Å². The molecular weight excluding hydrogens is 401 g/mol. The molecule has 0 fully saturated rings. The molecule has 0 spiro atoms. The molecule has 0 aliphatic carbocycles. The van der Waals surface area contributed by atoms with Crippen LogP contribution in [0.2, 0.25) is 10.0 Å². The van der Waals surface area contributed by atoms with Crippen molar-refractivity contribution in [3.05, 3.63) is 62.5 Å². The first kappa shape index (κ1) is 18.3. The van der Waals surface area contributed by atoms with Crippen molar-refractivity contribution in [1.29, 1.82) is 0 Å². The quantitative estimate of drug-likeness (QED) is 0.562. The predicted molar refractivity (Wildman–Crippen MR) is 98.9 cm³/mol. The summed E-state index contributed by atoms with van der Waals surface area (Å²) in [4.78, 5) is 24.2. The van der Waals surface area contributed by atoms with Crippen LogP contribution < -0.4 is 10.1 Å². The van der Waals surface area contributed by atoms with Crippen LogP contribution in [0.15, 0.2) is 46.2 Å². The highest BCUT2D eigenvalue weighted by molar-refractivity contribution is 7.12. The summed E-state index contributed by atoms with van der Waals surface area (Å²) < 4.78 is 15.5. The largest absolute Gasteiger partial charge is 0.465 e. The number of hydrogen-bond donors (Lipinski definition) is 1. The van der Waals surface area contributed by atoms with Gasteiger partial charge in [0.05, 0.1) is 12.8 Å². The van der Waals surface area contributed by atoms with Gasteiger partial charge in [0.2, 0.25) is 0 Å². The maximum absolute atomic E-state index is 12.3. The minimum atomic E-state index is -0.535. The molecule has 0 saturated heterocycles. The van der Waals surface area contributed by atoms with E-state index in [1.54, 1.807) is 29.6 Å². The second kappa shape index (κ2) is 7.82. The van der Waals surface area contributed by atoms with Gasteiger partial charge >= 0.3 is 5.97 Å². The standard InChI is InChI=1S/C17H11Cl2NO5S/c1-23-17(22)15-12(4-5-26-15)20-16(21)13-2-3-14(25-13)24-11-7-9(18)6-10(19)8-11/h2-8H,1H3,(H,20,21). The average Bonchev–Trinajstić information content (AvgIpc) is 3.22. The molecule has 2 heterocycles. The van der Waals surface area contributed by atoms with Crippen molar-refractivity contribution < 1.29 is 23.5 Å². The Balaban J connectivity index is 1.72. The lowest BCUT2D eigenvalue weighted by molar-refractivity contribution is 0.0607. The third kappa shape index (κ3) is 4.19. The van der Waals surface area contributed by atoms with Crippen LogP contribution in [0.1, 0.15) is 20.2 Å². The Hall–Kier alpha value is -2.48. The van der Waals surface area contributed by atoms with E-state index < -0.39 is 11.9 Å². The van der Waals surface area contributed by atoms with Gasteiger partial charge in [-0.3, -0.25) is 4.79 Å². The van der Waals surface area contributed by atoms with Crippen LogP contribution >= 0.6 is 34.5 Å². The van der Waals surface area contributed by atoms with Crippen molar-refractivity contribution in [3.63, 3.8) is 0 Å². The molecule has 0 radical (unpaired) electrons. The average molecular weight is 412 g/mol. The van der Waals surface area contributed by atoms with E-state index >= 15 is 0 Å². The number of nitrogens with one attached hydrogen (secondary N) is 1. The van der Waals surface area contributed by atoms with Crippen molar-refractivity contribution in [2.24, 2.45) is 0 Å². The van der Waals surface area contributed by atoms with Crippen molar-refractivity contribution in [3.8, 4) is 11.7 Å². The SMILES string of the molecule is COC(=O)c1sccc1NC(=O)c1ccc(Oc2cc(Cl)cc(Cl)c2)o1. The molecule has 1 aromatic carbocycles. The predicted octanol–water partition coefficient (Wildman–Crippen LogP) is 5.48. The van der Waals surface area contributed by atoms with E-state index in [4.69, 9.17) is 32.4 Å². The molecule has 0 aliphatic heterocycles. The number of rotatable bonds is 5. The first-order chi connectivity index (χ1) is 12.5. The third-order valence-corrected chi connectivity index (χ3v) is 4.47. The molecule has 26 heavy (non-hydrogen) atoms. The first-order valence-electron chi connectivity index (χ1n) is 7.17. The van der Waals surface area contributed by atoms with E-state index in [9.17, 15) is 9.59 Å². The number of halogens is 2. The number of anilines is 1. The Morgan fingerprint density at radius 1 is 1.12 bits per heavy atom. The zero-order valence-electron chi connectivity index (χ0n) is 13.2. The van der Waals surface area contributed by atoms with E-state index in [1.165, 1.54) is 19.2 Å². The Morgan fingerprint density at radius 2 is 1.85 bits per heavy atom. The van der Waals surface area contributed by atoms with Gasteiger partial charge in [0, 0.05) is 16.1 Å². The summed E-state index contributed by atoms with van der Waals surface area (Å²) in [7, 11) is 1.27. The van der Waals surface area contributed by atoms with Crippen LogP contribution in [-0.4, -0.2) is 19.0 Å². The van der Waals surface area contributed by atoms with E-state index in [0.717, 1.165) is 11.3 Å². The van der Waals surface area contributed by atoms with Gasteiger partial charge in [-0.25, -0.2) is 4.79 Å². The minimum Gasteiger partial charge on any atom is -0.465 e. The van der Waals surface area contributed by atoms with E-state index in [-0.39, 0.29) is 16.6 Å². The summed E-state index contributed by atoms with van der Waals surface area (Å²) in [6, 6.07) is 9.22. The van der Waals surface area contributed by atoms with Crippen molar-refractivity contribution in [2.75, 3.05) is 12.4 Å². The van der Waals surface area contributed by atoms with E-state index in [1.807, 2.05) is 0 Å². The third-order valence-electron chi connectivity index (χ3n) is 3.14. The molecule has 1 amide bonds. The highest BCUT2D eigenvalue weighted by Gasteiger charge is 2.18. The Morgan fingerprint density at radius 3 is 2.54 bits per heavy atom. The van der Waals surface area contributed by atoms with Gasteiger partial charge in [-0.2, -0.15) is 0 Å². The van der Waals surface area contributed by atoms with E-state index in [0.29, 0.717) is 21.5 Å². The second-order valence-electron chi connectivity index (χ2n) is 4.94. The summed E-state index contributed by atoms with van der Waals surface area (Å²) in [6.45, 7) is 0. The highest BCUT2D eigenvalue weighted by atomic mass is 35.5. The van der Waals surface area contributed by atoms with Gasteiger partial charge < -0.3 is 19.2 Å². The van der Waals surface area contributed by atoms with Gasteiger partial charge in [-0.1, -0.05) is 23.2 Å². The molecule has 0 unspecified atom stereocenters. The summed E-state index contributed by atoms with van der Waals surface area (Å²) in [5.74, 6) is -0.596. The van der Waals surface area contributed by atoms with E-state index in [2.05, 4.69) is 10.1 Å². The number of carbonyl (C=O) groups is 2. The van der Waals surface area contributed by atoms with Crippen LogP contribution in [0.4, 0.5) is 5.69 Å². The number of furan rings is 1. The highest BCUT2D eigenvalue weighted by Crippen LogP contribution is 2.30. The lowest BCUT2D eigenvalue weighted by atomic mass is 10.3. The molecule has 0 aliphatic rings. The van der Waals surface area contributed by atoms with Gasteiger partial charge in [-0.15, -0.1) is 11.3 Å². The summed E-state index contributed by atoms with van der Waals surface area (Å²) >= 11 is 13.0. The number of amides is 1. The van der Waals surface area contributed by atoms with Crippen molar-refractivity contribution in [1.82, 2.24) is 0 Å². The number of benzene rings is 1. The van der Waals surface area contributed by atoms with Crippen LogP contribution in [0.5, 0.6) is 11.7 Å². The zero-order valence-corrected chi connectivity index (χ0v) is 15.6. The fourth-order valence-corrected chi connectivity index (χ4v) is 3.31. The van der Waals surface area contributed by atoms with Crippen LogP contribution in [0.25, 0.3) is 0 Å². The molecule has 9 heteroatoms.